The summed E-state index contributed by atoms with van der Waals surface area (Å²) in [5, 5.41) is 10.4. The quantitative estimate of drug-likeness (QED) is 0.362. The number of hydrogen-bond donors (Lipinski definition) is 1. The highest BCUT2D eigenvalue weighted by molar-refractivity contribution is 5.73. The van der Waals surface area contributed by atoms with Gasteiger partial charge in [-0.1, -0.05) is 25.0 Å². The fourth-order valence-corrected chi connectivity index (χ4v) is 7.25. The lowest BCUT2D eigenvalue weighted by Crippen LogP contribution is -2.35. The molecule has 7 unspecified atom stereocenters. The average molecular weight is 330 g/mol. The van der Waals surface area contributed by atoms with Gasteiger partial charge in [-0.15, -0.1) is 0 Å². The van der Waals surface area contributed by atoms with Gasteiger partial charge in [-0.05, 0) is 80.5 Å². The van der Waals surface area contributed by atoms with Crippen LogP contribution in [-0.4, -0.2) is 23.3 Å². The predicted octanol–water partition coefficient (Wildman–Crippen LogP) is 3.71. The first-order valence-corrected chi connectivity index (χ1v) is 10.2. The Morgan fingerprint density at radius 2 is 1.83 bits per heavy atom. The summed E-state index contributed by atoms with van der Waals surface area (Å²) in [6.45, 7) is 0.495. The van der Waals surface area contributed by atoms with Crippen molar-refractivity contribution in [2.45, 2.75) is 63.4 Å². The fraction of sp³-hybridized carbons (Fsp3) is 0.857. The van der Waals surface area contributed by atoms with Gasteiger partial charge in [0.25, 0.3) is 0 Å². The molecule has 5 rings (SSSR count). The molecular formula is C21H30O3. The maximum atomic E-state index is 12.6. The Labute approximate surface area is 144 Å². The van der Waals surface area contributed by atoms with E-state index in [2.05, 4.69) is 12.2 Å². The number of fused-ring (bicyclic) bond motifs is 9. The molecule has 4 saturated carbocycles. The van der Waals surface area contributed by atoms with Gasteiger partial charge in [0, 0.05) is 0 Å². The van der Waals surface area contributed by atoms with Crippen molar-refractivity contribution in [2.24, 2.45) is 41.4 Å². The lowest BCUT2D eigenvalue weighted by Gasteiger charge is -2.35. The number of carbonyl (C=O) groups is 1. The van der Waals surface area contributed by atoms with Gasteiger partial charge in [0.15, 0.2) is 0 Å². The summed E-state index contributed by atoms with van der Waals surface area (Å²) in [4.78, 5) is 12.6. The van der Waals surface area contributed by atoms with Crippen LogP contribution >= 0.6 is 0 Å². The molecule has 7 atom stereocenters. The maximum Gasteiger partial charge on any atom is 0.309 e. The van der Waals surface area contributed by atoms with Crippen molar-refractivity contribution in [1.29, 1.82) is 0 Å². The van der Waals surface area contributed by atoms with Gasteiger partial charge in [-0.2, -0.15) is 0 Å². The third kappa shape index (κ3) is 2.30. The Balaban J connectivity index is 1.13. The van der Waals surface area contributed by atoms with E-state index in [4.69, 9.17) is 4.74 Å². The van der Waals surface area contributed by atoms with Gasteiger partial charge in [0.05, 0.1) is 18.1 Å². The maximum absolute atomic E-state index is 12.6. The first-order valence-electron chi connectivity index (χ1n) is 10.2. The van der Waals surface area contributed by atoms with Crippen LogP contribution in [0, 0.1) is 41.4 Å². The molecule has 0 aromatic heterocycles. The van der Waals surface area contributed by atoms with E-state index in [0.717, 1.165) is 74.5 Å². The Bertz CT molecular complexity index is 547. The molecule has 0 aromatic carbocycles. The molecule has 0 heterocycles. The molecule has 0 radical (unpaired) electrons. The van der Waals surface area contributed by atoms with Crippen LogP contribution in [-0.2, 0) is 9.53 Å². The van der Waals surface area contributed by atoms with Gasteiger partial charge in [0.1, 0.15) is 0 Å². The lowest BCUT2D eigenvalue weighted by atomic mass is 9.69. The van der Waals surface area contributed by atoms with Crippen molar-refractivity contribution >= 4 is 5.97 Å². The minimum Gasteiger partial charge on any atom is -0.465 e. The van der Waals surface area contributed by atoms with Gasteiger partial charge < -0.3 is 9.84 Å². The van der Waals surface area contributed by atoms with Crippen LogP contribution in [0.1, 0.15) is 57.8 Å². The van der Waals surface area contributed by atoms with E-state index in [0.29, 0.717) is 12.5 Å². The Hall–Kier alpha value is -0.830. The molecule has 3 nitrogen and oxygen atoms in total. The SMILES string of the molecule is O=C(OCCCC1(O)CCCC1)C1CC2CC1C1C3C=CC(C3)C21. The average Bonchev–Trinajstić information content (AvgIpc) is 3.35. The fourth-order valence-electron chi connectivity index (χ4n) is 7.25. The number of carbonyl (C=O) groups excluding carboxylic acids is 1. The molecular weight excluding hydrogens is 300 g/mol. The van der Waals surface area contributed by atoms with Crippen LogP contribution < -0.4 is 0 Å². The Morgan fingerprint density at radius 1 is 1.08 bits per heavy atom. The first kappa shape index (κ1) is 15.4. The number of aliphatic hydroxyl groups is 1. The van der Waals surface area contributed by atoms with E-state index in [1.807, 2.05) is 0 Å². The van der Waals surface area contributed by atoms with Crippen molar-refractivity contribution in [3.63, 3.8) is 0 Å². The van der Waals surface area contributed by atoms with E-state index in [1.165, 1.54) is 12.8 Å². The molecule has 4 fully saturated rings. The number of rotatable bonds is 5. The van der Waals surface area contributed by atoms with Crippen LogP contribution in [0.25, 0.3) is 0 Å². The van der Waals surface area contributed by atoms with Gasteiger partial charge in [0.2, 0.25) is 0 Å². The second kappa shape index (κ2) is 5.59. The molecule has 132 valence electrons. The zero-order valence-electron chi connectivity index (χ0n) is 14.5. The predicted molar refractivity (Wildman–Crippen MR) is 91.0 cm³/mol. The van der Waals surface area contributed by atoms with Gasteiger partial charge in [-0.25, -0.2) is 0 Å². The summed E-state index contributed by atoms with van der Waals surface area (Å²) in [5.41, 5.74) is -0.471. The lowest BCUT2D eigenvalue weighted by molar-refractivity contribution is -0.152. The standard InChI is InChI=1S/C21H30O3/c22-20(24-9-3-8-21(23)6-1-2-7-21)17-12-15-11-16(17)19-14-5-4-13(10-14)18(15)19/h4-5,13-19,23H,1-3,6-12H2. The highest BCUT2D eigenvalue weighted by atomic mass is 16.5. The van der Waals surface area contributed by atoms with Crippen LogP contribution in [0.3, 0.4) is 0 Å². The summed E-state index contributed by atoms with van der Waals surface area (Å²) in [7, 11) is 0. The van der Waals surface area contributed by atoms with E-state index >= 15 is 0 Å². The molecule has 0 aromatic rings. The van der Waals surface area contributed by atoms with Crippen molar-refractivity contribution < 1.29 is 14.6 Å². The molecule has 1 N–H and O–H groups in total. The third-order valence-corrected chi connectivity index (χ3v) is 8.14. The van der Waals surface area contributed by atoms with E-state index in [-0.39, 0.29) is 11.9 Å². The van der Waals surface area contributed by atoms with Crippen molar-refractivity contribution in [3.05, 3.63) is 12.2 Å². The zero-order valence-corrected chi connectivity index (χ0v) is 14.5. The van der Waals surface area contributed by atoms with Crippen LogP contribution in [0.5, 0.6) is 0 Å². The Kier molecular flexibility index (Phi) is 3.59. The molecule has 0 saturated heterocycles. The van der Waals surface area contributed by atoms with Crippen molar-refractivity contribution in [3.8, 4) is 0 Å². The molecule has 24 heavy (non-hydrogen) atoms. The summed E-state index contributed by atoms with van der Waals surface area (Å²) in [6, 6.07) is 0. The van der Waals surface area contributed by atoms with Crippen molar-refractivity contribution in [1.82, 2.24) is 0 Å². The highest BCUT2D eigenvalue weighted by Gasteiger charge is 2.62. The van der Waals surface area contributed by atoms with Crippen LogP contribution in [0.15, 0.2) is 12.2 Å². The van der Waals surface area contributed by atoms with Crippen LogP contribution in [0.4, 0.5) is 0 Å². The normalized spacial score (nSPS) is 46.6. The number of allylic oxidation sites excluding steroid dienone is 2. The van der Waals surface area contributed by atoms with E-state index < -0.39 is 5.60 Å². The number of hydrogen-bond acceptors (Lipinski definition) is 3. The number of esters is 1. The van der Waals surface area contributed by atoms with Gasteiger partial charge >= 0.3 is 5.97 Å². The summed E-state index contributed by atoms with van der Waals surface area (Å²) >= 11 is 0. The molecule has 4 bridgehead atoms. The van der Waals surface area contributed by atoms with E-state index in [1.54, 1.807) is 0 Å². The minimum atomic E-state index is -0.471. The second-order valence-electron chi connectivity index (χ2n) is 9.31. The second-order valence-corrected chi connectivity index (χ2v) is 9.31. The number of ether oxygens (including phenoxy) is 1. The Morgan fingerprint density at radius 3 is 2.62 bits per heavy atom. The summed E-state index contributed by atoms with van der Waals surface area (Å²) < 4.78 is 5.64. The molecule has 5 aliphatic carbocycles. The van der Waals surface area contributed by atoms with Crippen molar-refractivity contribution in [2.75, 3.05) is 6.61 Å². The molecule has 5 aliphatic rings. The molecule has 0 spiro atoms. The van der Waals surface area contributed by atoms with Gasteiger partial charge in [-0.3, -0.25) is 4.79 Å². The van der Waals surface area contributed by atoms with Crippen LogP contribution in [0.2, 0.25) is 0 Å². The smallest absolute Gasteiger partial charge is 0.309 e. The monoisotopic (exact) mass is 330 g/mol. The topological polar surface area (TPSA) is 46.5 Å². The first-order chi connectivity index (χ1) is 11.6. The highest BCUT2D eigenvalue weighted by Crippen LogP contribution is 2.67. The summed E-state index contributed by atoms with van der Waals surface area (Å²) in [5.74, 6) is 4.82. The molecule has 0 amide bonds. The van der Waals surface area contributed by atoms with E-state index in [9.17, 15) is 9.90 Å². The minimum absolute atomic E-state index is 0.0612. The third-order valence-electron chi connectivity index (χ3n) is 8.14. The summed E-state index contributed by atoms with van der Waals surface area (Å²) in [6.07, 6.45) is 14.3. The largest absolute Gasteiger partial charge is 0.465 e. The zero-order chi connectivity index (χ0) is 16.3. The molecule has 0 aliphatic heterocycles. The molecule has 3 heteroatoms.